The van der Waals surface area contributed by atoms with Crippen LogP contribution < -0.4 is 0 Å². The van der Waals surface area contributed by atoms with Gasteiger partial charge < -0.3 is 4.74 Å². The molecule has 4 atom stereocenters. The minimum Gasteiger partial charge on any atom is -0.381 e. The molecule has 12 aliphatic rings. The molecule has 11 aliphatic carbocycles. The molecule has 0 amide bonds. The van der Waals surface area contributed by atoms with Crippen LogP contribution in [0.3, 0.4) is 0 Å². The molecule has 4 aromatic carbocycles. The molecule has 10 fully saturated rings. The van der Waals surface area contributed by atoms with Gasteiger partial charge >= 0.3 is 0 Å². The lowest BCUT2D eigenvalue weighted by Crippen LogP contribution is -2.48. The Kier molecular flexibility index (Phi) is 23.1. The van der Waals surface area contributed by atoms with E-state index >= 15 is 0 Å². The second kappa shape index (κ2) is 30.2. The maximum atomic E-state index is 8.83. The van der Waals surface area contributed by atoms with E-state index in [1.54, 1.807) is 0 Å². The first-order chi connectivity index (χ1) is 47.3. The van der Waals surface area contributed by atoms with Crippen molar-refractivity contribution in [2.24, 2.45) is 101 Å². The number of fused-ring (bicyclic) bond motifs is 8. The molecule has 3 spiro atoms. The largest absolute Gasteiger partial charge is 0.381 e. The van der Waals surface area contributed by atoms with Gasteiger partial charge in [-0.2, -0.15) is 0 Å². The van der Waals surface area contributed by atoms with Gasteiger partial charge in [-0.1, -0.05) is 315 Å². The standard InChI is InChI=1S/2C17H18.2C16H30.C12H22.C11H20.C10H18O/c2*1-12-13-8-4-6-10-15(13)17(2,3)16-11-7-5-9-14(12)16;2*1-13-14(2,3)11-16(12-15(13,4)5)9-7-6-8-10-16;1-11(2)7-9-5-6-10(8-11)12(9,3)4;1-8-9-4-5-10(8)7-11(2,3)6-9;1-9-2-4-10(5-3-9)6-7-11-8-10/h2*4-12H,1-3H3;2*13H,6-12H2,1-5H3;9-10H,5-8H2,1-4H3;8-10H,4-7H2,1-3H3;9H,2-8H2,1H3/i12D;;13D;;;;. The van der Waals surface area contributed by atoms with Crippen LogP contribution in [-0.4, -0.2) is 13.2 Å². The predicted octanol–water partition coefficient (Wildman–Crippen LogP) is 29.7. The molecule has 558 valence electrons. The number of hydrogen-bond donors (Lipinski definition) is 0. The zero-order valence-electron chi connectivity index (χ0n) is 71.8. The second-order valence-corrected chi connectivity index (χ2v) is 43.2. The SMILES string of the molecule is CC1(C)CC2CCC(C1)C2(C)C.CC1C(C)(C)CC2(CCCCC2)CC1(C)C.CC1C2CCC1CC(C)(C)C2.CC1CCC2(CCOC2)CC1.CC1c2ccccc2C(C)(C)c2ccccc21.[2H]C1(C)C(C)(C)CC2(CCCCC2)CC1(C)C.[2H]C1(C)c2ccccc2C(C)(C)c2ccccc21. The van der Waals surface area contributed by atoms with Gasteiger partial charge in [0.2, 0.25) is 0 Å². The number of hydrogen-bond acceptors (Lipinski definition) is 1. The molecule has 1 nitrogen and oxygen atoms in total. The summed E-state index contributed by atoms with van der Waals surface area (Å²) in [7, 11) is 0. The van der Waals surface area contributed by atoms with E-state index in [1.807, 2.05) is 19.1 Å². The number of rotatable bonds is 0. The molecular weight excluding hydrogens is 1210 g/mol. The van der Waals surface area contributed by atoms with Crippen LogP contribution in [0.1, 0.15) is 399 Å². The lowest BCUT2D eigenvalue weighted by molar-refractivity contribution is -0.0746. The average molecular weight is 1360 g/mol. The van der Waals surface area contributed by atoms with Crippen LogP contribution in [0.2, 0.25) is 0 Å². The Morgan fingerprint density at radius 2 is 0.710 bits per heavy atom. The molecule has 9 saturated carbocycles. The highest BCUT2D eigenvalue weighted by molar-refractivity contribution is 5.56. The molecule has 1 aliphatic heterocycles. The van der Waals surface area contributed by atoms with Crippen molar-refractivity contribution in [3.8, 4) is 0 Å². The summed E-state index contributed by atoms with van der Waals surface area (Å²) >= 11 is 0. The van der Waals surface area contributed by atoms with Crippen LogP contribution in [0.15, 0.2) is 97.1 Å². The zero-order chi connectivity index (χ0) is 74.8. The van der Waals surface area contributed by atoms with Crippen LogP contribution in [0.5, 0.6) is 0 Å². The van der Waals surface area contributed by atoms with Crippen molar-refractivity contribution in [3.05, 3.63) is 142 Å². The monoisotopic (exact) mass is 1360 g/mol. The van der Waals surface area contributed by atoms with Gasteiger partial charge in [0.05, 0.1) is 6.61 Å². The Balaban J connectivity index is 0.000000129. The second-order valence-electron chi connectivity index (χ2n) is 43.2. The third-order valence-electron chi connectivity index (χ3n) is 31.8. The van der Waals surface area contributed by atoms with E-state index in [1.165, 1.54) is 207 Å². The smallest absolute Gasteiger partial charge is 0.0523 e. The van der Waals surface area contributed by atoms with Crippen LogP contribution in [0.4, 0.5) is 0 Å². The Bertz CT molecular complexity index is 3170. The van der Waals surface area contributed by atoms with Crippen molar-refractivity contribution in [2.75, 3.05) is 13.2 Å². The molecule has 1 heteroatoms. The third-order valence-corrected chi connectivity index (χ3v) is 31.8. The topological polar surface area (TPSA) is 9.23 Å². The fraction of sp³-hybridized carbons (Fsp3) is 0.758. The maximum absolute atomic E-state index is 8.83. The molecule has 16 rings (SSSR count). The van der Waals surface area contributed by atoms with Crippen molar-refractivity contribution in [2.45, 2.75) is 362 Å². The fourth-order valence-corrected chi connectivity index (χ4v) is 25.5. The highest BCUT2D eigenvalue weighted by Gasteiger charge is 2.54. The molecule has 1 saturated heterocycles. The van der Waals surface area contributed by atoms with Gasteiger partial charge in [-0.25, -0.2) is 0 Å². The molecule has 1 heterocycles. The summed E-state index contributed by atoms with van der Waals surface area (Å²) in [4.78, 5) is 0. The summed E-state index contributed by atoms with van der Waals surface area (Å²) in [6.07, 6.45) is 39.1. The Morgan fingerprint density at radius 1 is 0.360 bits per heavy atom. The van der Waals surface area contributed by atoms with Gasteiger partial charge in [0.15, 0.2) is 0 Å². The van der Waals surface area contributed by atoms with Crippen molar-refractivity contribution in [1.29, 1.82) is 0 Å². The van der Waals surface area contributed by atoms with E-state index in [0.717, 1.165) is 65.8 Å². The number of ether oxygens (including phenoxy) is 1. The first-order valence-corrected chi connectivity index (χ1v) is 42.2. The van der Waals surface area contributed by atoms with E-state index in [0.29, 0.717) is 49.2 Å². The third kappa shape index (κ3) is 17.3. The van der Waals surface area contributed by atoms with E-state index < -0.39 is 5.89 Å². The van der Waals surface area contributed by atoms with Crippen LogP contribution in [-0.2, 0) is 15.6 Å². The summed E-state index contributed by atoms with van der Waals surface area (Å²) in [5, 5.41) is 0. The lowest BCUT2D eigenvalue weighted by Gasteiger charge is -2.58. The highest BCUT2D eigenvalue weighted by Crippen LogP contribution is 2.65. The quantitative estimate of drug-likeness (QED) is 0.171. The predicted molar refractivity (Wildman–Crippen MR) is 435 cm³/mol. The Hall–Kier alpha value is -3.16. The zero-order valence-corrected chi connectivity index (χ0v) is 69.8. The van der Waals surface area contributed by atoms with E-state index in [-0.39, 0.29) is 27.6 Å². The molecule has 4 aromatic rings. The first-order valence-electron chi connectivity index (χ1n) is 43.2. The summed E-state index contributed by atoms with van der Waals surface area (Å²) in [6, 6.07) is 34.5. The van der Waals surface area contributed by atoms with Crippen LogP contribution in [0.25, 0.3) is 0 Å². The minimum absolute atomic E-state index is 0.0201. The molecule has 4 unspecified atom stereocenters. The summed E-state index contributed by atoms with van der Waals surface area (Å²) in [6.45, 7) is 59.2. The number of benzene rings is 4. The van der Waals surface area contributed by atoms with E-state index in [2.05, 4.69) is 244 Å². The van der Waals surface area contributed by atoms with Gasteiger partial charge in [0.1, 0.15) is 0 Å². The first kappa shape index (κ1) is 76.5. The van der Waals surface area contributed by atoms with Crippen molar-refractivity contribution >= 4 is 0 Å². The van der Waals surface area contributed by atoms with E-state index in [4.69, 9.17) is 7.48 Å². The van der Waals surface area contributed by atoms with Crippen LogP contribution in [0, 0.1) is 101 Å². The average Bonchev–Trinajstić information content (AvgIpc) is 0.942. The van der Waals surface area contributed by atoms with Crippen molar-refractivity contribution in [3.63, 3.8) is 0 Å². The Labute approximate surface area is 622 Å². The lowest BCUT2D eigenvalue weighted by atomic mass is 9.47. The normalized spacial score (nSPS) is 31.2. The molecule has 0 aromatic heterocycles. The van der Waals surface area contributed by atoms with Crippen LogP contribution >= 0.6 is 0 Å². The minimum atomic E-state index is -0.650. The van der Waals surface area contributed by atoms with Crippen molar-refractivity contribution < 1.29 is 7.48 Å². The molecule has 0 N–H and O–H groups in total. The molecule has 0 radical (unpaired) electrons. The van der Waals surface area contributed by atoms with Gasteiger partial charge in [0.25, 0.3) is 0 Å². The van der Waals surface area contributed by atoms with Gasteiger partial charge in [0, 0.05) is 32.0 Å². The van der Waals surface area contributed by atoms with Gasteiger partial charge in [-0.15, -0.1) is 0 Å². The Morgan fingerprint density at radius 3 is 1.09 bits per heavy atom. The van der Waals surface area contributed by atoms with E-state index in [9.17, 15) is 0 Å². The van der Waals surface area contributed by atoms with Crippen molar-refractivity contribution in [1.82, 2.24) is 0 Å². The van der Waals surface area contributed by atoms with Gasteiger partial charge in [-0.05, 0) is 268 Å². The highest BCUT2D eigenvalue weighted by atomic mass is 16.5. The molecule has 4 bridgehead atoms. The fourth-order valence-electron chi connectivity index (χ4n) is 25.5. The van der Waals surface area contributed by atoms with Gasteiger partial charge in [-0.3, -0.25) is 0 Å². The molecule has 100 heavy (non-hydrogen) atoms. The molecular formula is C99H156O. The maximum Gasteiger partial charge on any atom is 0.0523 e. The summed E-state index contributed by atoms with van der Waals surface area (Å²) < 4.78 is 23.1. The summed E-state index contributed by atoms with van der Waals surface area (Å²) in [5.41, 5.74) is 16.1. The summed E-state index contributed by atoms with van der Waals surface area (Å²) in [5.74, 6) is 6.61.